The van der Waals surface area contributed by atoms with Crippen molar-refractivity contribution in [1.29, 1.82) is 0 Å². The van der Waals surface area contributed by atoms with Gasteiger partial charge in [-0.15, -0.1) is 0 Å². The Morgan fingerprint density at radius 2 is 1.85 bits per heavy atom. The second-order valence-electron chi connectivity index (χ2n) is 6.51. The van der Waals surface area contributed by atoms with Crippen LogP contribution in [0.1, 0.15) is 49.3 Å². The van der Waals surface area contributed by atoms with Crippen molar-refractivity contribution in [3.63, 3.8) is 0 Å². The molecule has 26 heavy (non-hydrogen) atoms. The molecule has 0 atom stereocenters. The lowest BCUT2D eigenvalue weighted by Gasteiger charge is -2.18. The number of rotatable bonds is 11. The second-order valence-corrected chi connectivity index (χ2v) is 7.36. The number of aryl methyl sites for hydroxylation is 1. The average Bonchev–Trinajstić information content (AvgIpc) is 2.65. The smallest absolute Gasteiger partial charge is 0.167 e. The van der Waals surface area contributed by atoms with Crippen LogP contribution in [0.2, 0.25) is 0 Å². The van der Waals surface area contributed by atoms with Crippen LogP contribution in [0, 0.1) is 6.92 Å². The fourth-order valence-corrected chi connectivity index (χ4v) is 3.33. The zero-order valence-electron chi connectivity index (χ0n) is 16.1. The minimum absolute atomic E-state index is 0.531. The molecule has 0 bridgehead atoms. The second kappa shape index (κ2) is 11.2. The van der Waals surface area contributed by atoms with Gasteiger partial charge in [-0.2, -0.15) is 0 Å². The highest BCUT2D eigenvalue weighted by Crippen LogP contribution is 2.37. The summed E-state index contributed by atoms with van der Waals surface area (Å²) in [4.78, 5) is 0. The molecule has 0 aliphatic rings. The number of unbranched alkanes of at least 4 members (excludes halogenated alkanes) is 3. The van der Waals surface area contributed by atoms with Gasteiger partial charge in [-0.25, -0.2) is 0 Å². The van der Waals surface area contributed by atoms with Crippen molar-refractivity contribution >= 4 is 15.9 Å². The maximum absolute atomic E-state index is 6.21. The molecule has 0 saturated heterocycles. The molecule has 0 spiro atoms. The predicted octanol–water partition coefficient (Wildman–Crippen LogP) is 6.02. The summed E-state index contributed by atoms with van der Waals surface area (Å²) in [6.45, 7) is 6.64. The standard InChI is InChI=1S/C22H30BrNO2/c1-4-5-6-9-14-24-15-19-20(23)12-13-21(25-3)22(19)26-16-18-11-8-7-10-17(18)2/h7-8,10-13,24H,4-6,9,14-16H2,1-3H3. The van der Waals surface area contributed by atoms with Crippen molar-refractivity contribution in [1.82, 2.24) is 5.32 Å². The van der Waals surface area contributed by atoms with Crippen LogP contribution in [0.3, 0.4) is 0 Å². The first-order valence-electron chi connectivity index (χ1n) is 9.40. The van der Waals surface area contributed by atoms with Gasteiger partial charge in [0.15, 0.2) is 11.5 Å². The first-order valence-corrected chi connectivity index (χ1v) is 10.2. The predicted molar refractivity (Wildman–Crippen MR) is 112 cm³/mol. The lowest BCUT2D eigenvalue weighted by Crippen LogP contribution is -2.16. The quantitative estimate of drug-likeness (QED) is 0.451. The van der Waals surface area contributed by atoms with Gasteiger partial charge in [-0.1, -0.05) is 66.4 Å². The van der Waals surface area contributed by atoms with Crippen molar-refractivity contribution in [3.05, 3.63) is 57.6 Å². The summed E-state index contributed by atoms with van der Waals surface area (Å²) < 4.78 is 12.8. The number of halogens is 1. The number of methoxy groups -OCH3 is 1. The molecule has 4 heteroatoms. The molecule has 3 nitrogen and oxygen atoms in total. The summed E-state index contributed by atoms with van der Waals surface area (Å²) in [7, 11) is 1.69. The van der Waals surface area contributed by atoms with Gasteiger partial charge < -0.3 is 14.8 Å². The number of ether oxygens (including phenoxy) is 2. The van der Waals surface area contributed by atoms with Crippen LogP contribution in [0.5, 0.6) is 11.5 Å². The highest BCUT2D eigenvalue weighted by Gasteiger charge is 2.15. The highest BCUT2D eigenvalue weighted by atomic mass is 79.9. The largest absolute Gasteiger partial charge is 0.493 e. The van der Waals surface area contributed by atoms with Crippen LogP contribution in [-0.4, -0.2) is 13.7 Å². The molecule has 0 unspecified atom stereocenters. The first kappa shape index (κ1) is 20.8. The number of nitrogens with one attached hydrogen (secondary N) is 1. The molecule has 0 aromatic heterocycles. The van der Waals surface area contributed by atoms with Gasteiger partial charge in [-0.3, -0.25) is 0 Å². The Balaban J connectivity index is 2.07. The van der Waals surface area contributed by atoms with Crippen LogP contribution in [0.4, 0.5) is 0 Å². The van der Waals surface area contributed by atoms with E-state index in [1.165, 1.54) is 36.8 Å². The van der Waals surface area contributed by atoms with Crippen LogP contribution >= 0.6 is 15.9 Å². The molecule has 2 aromatic carbocycles. The highest BCUT2D eigenvalue weighted by molar-refractivity contribution is 9.10. The normalized spacial score (nSPS) is 10.8. The molecule has 0 amide bonds. The van der Waals surface area contributed by atoms with E-state index >= 15 is 0 Å². The molecule has 0 heterocycles. The molecule has 2 aromatic rings. The van der Waals surface area contributed by atoms with E-state index in [1.807, 2.05) is 24.3 Å². The average molecular weight is 420 g/mol. The van der Waals surface area contributed by atoms with Gasteiger partial charge in [0.05, 0.1) is 7.11 Å². The zero-order chi connectivity index (χ0) is 18.8. The van der Waals surface area contributed by atoms with Gasteiger partial charge in [0, 0.05) is 16.6 Å². The number of benzene rings is 2. The summed E-state index contributed by atoms with van der Waals surface area (Å²) in [5, 5.41) is 3.54. The third-order valence-electron chi connectivity index (χ3n) is 4.53. The van der Waals surface area contributed by atoms with Crippen LogP contribution in [0.15, 0.2) is 40.9 Å². The van der Waals surface area contributed by atoms with E-state index in [1.54, 1.807) is 7.11 Å². The first-order chi connectivity index (χ1) is 12.7. The minimum atomic E-state index is 0.531. The molecule has 0 saturated carbocycles. The fraction of sp³-hybridized carbons (Fsp3) is 0.455. The molecular weight excluding hydrogens is 390 g/mol. The van der Waals surface area contributed by atoms with Crippen LogP contribution < -0.4 is 14.8 Å². The molecule has 1 N–H and O–H groups in total. The molecule has 2 rings (SSSR count). The van der Waals surface area contributed by atoms with Crippen molar-refractivity contribution in [3.8, 4) is 11.5 Å². The van der Waals surface area contributed by atoms with Crippen molar-refractivity contribution in [2.24, 2.45) is 0 Å². The van der Waals surface area contributed by atoms with E-state index in [9.17, 15) is 0 Å². The van der Waals surface area contributed by atoms with Gasteiger partial charge >= 0.3 is 0 Å². The van der Waals surface area contributed by atoms with E-state index in [-0.39, 0.29) is 0 Å². The summed E-state index contributed by atoms with van der Waals surface area (Å²) in [6.07, 6.45) is 5.04. The fourth-order valence-electron chi connectivity index (χ4n) is 2.88. The summed E-state index contributed by atoms with van der Waals surface area (Å²) >= 11 is 3.67. The maximum Gasteiger partial charge on any atom is 0.167 e. The van der Waals surface area contributed by atoms with Gasteiger partial charge in [0.25, 0.3) is 0 Å². The third kappa shape index (κ3) is 6.03. The zero-order valence-corrected chi connectivity index (χ0v) is 17.7. The van der Waals surface area contributed by atoms with Gasteiger partial charge in [-0.05, 0) is 43.1 Å². The Bertz CT molecular complexity index is 688. The molecule has 0 fully saturated rings. The van der Waals surface area contributed by atoms with E-state index in [4.69, 9.17) is 9.47 Å². The Morgan fingerprint density at radius 3 is 2.58 bits per heavy atom. The summed E-state index contributed by atoms with van der Waals surface area (Å²) in [6, 6.07) is 12.3. The lowest BCUT2D eigenvalue weighted by atomic mass is 10.1. The Morgan fingerprint density at radius 1 is 1.04 bits per heavy atom. The molecule has 0 aliphatic heterocycles. The summed E-state index contributed by atoms with van der Waals surface area (Å²) in [5.41, 5.74) is 3.53. The van der Waals surface area contributed by atoms with Gasteiger partial charge in [0.2, 0.25) is 0 Å². The topological polar surface area (TPSA) is 30.5 Å². The Hall–Kier alpha value is -1.52. The minimum Gasteiger partial charge on any atom is -0.493 e. The monoisotopic (exact) mass is 419 g/mol. The van der Waals surface area contributed by atoms with E-state index in [0.29, 0.717) is 6.61 Å². The molecular formula is C22H30BrNO2. The molecule has 0 radical (unpaired) electrons. The van der Waals surface area contributed by atoms with Gasteiger partial charge in [0.1, 0.15) is 6.61 Å². The van der Waals surface area contributed by atoms with Crippen LogP contribution in [-0.2, 0) is 13.2 Å². The Kier molecular flexibility index (Phi) is 8.99. The van der Waals surface area contributed by atoms with Crippen LogP contribution in [0.25, 0.3) is 0 Å². The maximum atomic E-state index is 6.21. The third-order valence-corrected chi connectivity index (χ3v) is 5.27. The van der Waals surface area contributed by atoms with Crippen molar-refractivity contribution < 1.29 is 9.47 Å². The number of hydrogen-bond acceptors (Lipinski definition) is 3. The molecule has 142 valence electrons. The lowest BCUT2D eigenvalue weighted by molar-refractivity contribution is 0.279. The SMILES string of the molecule is CCCCCCNCc1c(Br)ccc(OC)c1OCc1ccccc1C. The molecule has 0 aliphatic carbocycles. The van der Waals surface area contributed by atoms with Crippen molar-refractivity contribution in [2.45, 2.75) is 52.7 Å². The number of hydrogen-bond donors (Lipinski definition) is 1. The Labute approximate surface area is 166 Å². The van der Waals surface area contributed by atoms with E-state index < -0.39 is 0 Å². The van der Waals surface area contributed by atoms with E-state index in [0.717, 1.165) is 34.6 Å². The summed E-state index contributed by atoms with van der Waals surface area (Å²) in [5.74, 6) is 1.58. The van der Waals surface area contributed by atoms with E-state index in [2.05, 4.69) is 47.2 Å². The van der Waals surface area contributed by atoms with Crippen molar-refractivity contribution in [2.75, 3.05) is 13.7 Å².